The Kier molecular flexibility index (Phi) is 5.76. The molecule has 0 saturated carbocycles. The highest BCUT2D eigenvalue weighted by Gasteiger charge is 2.09. The second kappa shape index (κ2) is 8.62. The molecule has 0 saturated heterocycles. The van der Waals surface area contributed by atoms with Gasteiger partial charge in [0.25, 0.3) is 0 Å². The predicted octanol–water partition coefficient (Wildman–Crippen LogP) is 5.71. The van der Waals surface area contributed by atoms with Crippen LogP contribution in [0, 0.1) is 11.3 Å². The maximum atomic E-state index is 9.00. The minimum atomic E-state index is 0.136. The number of ether oxygens (including phenoxy) is 1. The first-order chi connectivity index (χ1) is 14.1. The molecule has 1 aromatic carbocycles. The molecule has 0 aliphatic rings. The van der Waals surface area contributed by atoms with E-state index in [2.05, 4.69) is 20.3 Å². The summed E-state index contributed by atoms with van der Waals surface area (Å²) in [6, 6.07) is 12.8. The van der Waals surface area contributed by atoms with Gasteiger partial charge in [-0.3, -0.25) is 0 Å². The van der Waals surface area contributed by atoms with Crippen LogP contribution >= 0.6 is 34.5 Å². The van der Waals surface area contributed by atoms with Crippen molar-refractivity contribution in [2.24, 2.45) is 0 Å². The summed E-state index contributed by atoms with van der Waals surface area (Å²) >= 11 is 13.6. The molecule has 0 fully saturated rings. The number of rotatable bonds is 6. The first-order valence-corrected chi connectivity index (χ1v) is 10.2. The molecule has 1 N–H and O–H groups in total. The maximum absolute atomic E-state index is 9.00. The molecule has 0 unspecified atom stereocenters. The number of nitrogens with zero attached hydrogens (tertiary/aromatic N) is 4. The van der Waals surface area contributed by atoms with Gasteiger partial charge in [-0.1, -0.05) is 35.3 Å². The second-order valence-corrected chi connectivity index (χ2v) is 7.67. The van der Waals surface area contributed by atoms with Crippen molar-refractivity contribution < 1.29 is 4.74 Å². The van der Waals surface area contributed by atoms with E-state index in [4.69, 9.17) is 33.2 Å². The van der Waals surface area contributed by atoms with Crippen molar-refractivity contribution in [3.8, 4) is 17.7 Å². The number of hydrogen-bond donors (Lipinski definition) is 1. The van der Waals surface area contributed by atoms with Gasteiger partial charge in [-0.05, 0) is 30.2 Å². The Bertz CT molecular complexity index is 1200. The van der Waals surface area contributed by atoms with Crippen LogP contribution in [-0.2, 0) is 6.42 Å². The topological polar surface area (TPSA) is 83.7 Å². The highest BCUT2D eigenvalue weighted by Crippen LogP contribution is 2.32. The summed E-state index contributed by atoms with van der Waals surface area (Å²) in [7, 11) is 0. The van der Waals surface area contributed by atoms with E-state index in [0.717, 1.165) is 28.0 Å². The number of nitriles is 1. The van der Waals surface area contributed by atoms with Crippen LogP contribution in [0.25, 0.3) is 10.2 Å². The molecule has 4 aromatic rings. The summed E-state index contributed by atoms with van der Waals surface area (Å²) in [5.74, 6) is 1.69. The molecule has 0 spiro atoms. The molecule has 0 radical (unpaired) electrons. The molecule has 6 nitrogen and oxygen atoms in total. The Labute approximate surface area is 180 Å². The van der Waals surface area contributed by atoms with Crippen LogP contribution in [0.2, 0.25) is 10.0 Å². The Hall–Kier alpha value is -2.92. The Morgan fingerprint density at radius 1 is 1.07 bits per heavy atom. The van der Waals surface area contributed by atoms with Gasteiger partial charge in [-0.25, -0.2) is 15.0 Å². The Balaban J connectivity index is 1.37. The van der Waals surface area contributed by atoms with Gasteiger partial charge in [0.15, 0.2) is 5.69 Å². The zero-order valence-electron chi connectivity index (χ0n) is 14.9. The smallest absolute Gasteiger partial charge is 0.220 e. The van der Waals surface area contributed by atoms with Gasteiger partial charge in [-0.15, -0.1) is 11.3 Å². The van der Waals surface area contributed by atoms with Crippen molar-refractivity contribution in [3.05, 3.63) is 69.4 Å². The normalized spacial score (nSPS) is 10.7. The number of halogens is 2. The maximum Gasteiger partial charge on any atom is 0.220 e. The van der Waals surface area contributed by atoms with Crippen LogP contribution in [0.3, 0.4) is 0 Å². The van der Waals surface area contributed by atoms with Crippen LogP contribution in [0.15, 0.2) is 48.1 Å². The number of pyridine rings is 1. The number of anilines is 1. The summed E-state index contributed by atoms with van der Waals surface area (Å²) in [6.07, 6.45) is 2.33. The number of nitrogens with one attached hydrogen (secondary N) is 1. The lowest BCUT2D eigenvalue weighted by Crippen LogP contribution is -2.06. The van der Waals surface area contributed by atoms with E-state index in [0.29, 0.717) is 28.2 Å². The highest BCUT2D eigenvalue weighted by molar-refractivity contribution is 7.17. The van der Waals surface area contributed by atoms with Gasteiger partial charge in [0.2, 0.25) is 5.88 Å². The third kappa shape index (κ3) is 4.40. The lowest BCUT2D eigenvalue weighted by atomic mass is 10.1. The third-order valence-electron chi connectivity index (χ3n) is 4.10. The molecule has 3 heterocycles. The monoisotopic (exact) mass is 441 g/mol. The Morgan fingerprint density at radius 3 is 2.69 bits per heavy atom. The van der Waals surface area contributed by atoms with E-state index in [1.54, 1.807) is 12.1 Å². The second-order valence-electron chi connectivity index (χ2n) is 6.00. The highest BCUT2D eigenvalue weighted by atomic mass is 35.5. The van der Waals surface area contributed by atoms with Crippen LogP contribution in [0.5, 0.6) is 11.6 Å². The average molecular weight is 442 g/mol. The third-order valence-corrected chi connectivity index (χ3v) is 5.72. The van der Waals surface area contributed by atoms with Gasteiger partial charge in [-0.2, -0.15) is 5.26 Å². The van der Waals surface area contributed by atoms with Gasteiger partial charge in [0.05, 0.1) is 15.4 Å². The molecule has 0 amide bonds. The molecule has 0 bridgehead atoms. The number of hydrogen-bond acceptors (Lipinski definition) is 7. The fourth-order valence-corrected chi connectivity index (χ4v) is 3.99. The van der Waals surface area contributed by atoms with Gasteiger partial charge in [0, 0.05) is 18.0 Å². The van der Waals surface area contributed by atoms with E-state index >= 15 is 0 Å². The van der Waals surface area contributed by atoms with E-state index < -0.39 is 0 Å². The fraction of sp³-hybridized carbons (Fsp3) is 0.100. The zero-order chi connectivity index (χ0) is 20.2. The van der Waals surface area contributed by atoms with Gasteiger partial charge in [0.1, 0.15) is 28.8 Å². The van der Waals surface area contributed by atoms with E-state index in [1.807, 2.05) is 35.7 Å². The van der Waals surface area contributed by atoms with E-state index in [-0.39, 0.29) is 5.69 Å². The molecule has 4 rings (SSSR count). The molecule has 3 aromatic heterocycles. The minimum absolute atomic E-state index is 0.136. The van der Waals surface area contributed by atoms with E-state index in [1.165, 1.54) is 17.7 Å². The Morgan fingerprint density at radius 2 is 1.90 bits per heavy atom. The van der Waals surface area contributed by atoms with Crippen molar-refractivity contribution >= 4 is 50.6 Å². The summed E-state index contributed by atoms with van der Waals surface area (Å²) < 4.78 is 5.69. The summed E-state index contributed by atoms with van der Waals surface area (Å²) in [5.41, 5.74) is 1.27. The number of fused-ring (bicyclic) bond motifs is 1. The van der Waals surface area contributed by atoms with Crippen molar-refractivity contribution in [2.45, 2.75) is 6.42 Å². The lowest BCUT2D eigenvalue weighted by Gasteiger charge is -2.08. The quantitative estimate of drug-likeness (QED) is 0.412. The first-order valence-electron chi connectivity index (χ1n) is 8.59. The number of benzene rings is 1. The van der Waals surface area contributed by atoms with Crippen LogP contribution in [-0.4, -0.2) is 21.5 Å². The van der Waals surface area contributed by atoms with Crippen molar-refractivity contribution in [1.82, 2.24) is 15.0 Å². The number of thiophene rings is 1. The van der Waals surface area contributed by atoms with Crippen molar-refractivity contribution in [3.63, 3.8) is 0 Å². The fourth-order valence-electron chi connectivity index (χ4n) is 2.70. The molecule has 144 valence electrons. The lowest BCUT2D eigenvalue weighted by molar-refractivity contribution is 0.462. The molecular formula is C20H13Cl2N5OS. The van der Waals surface area contributed by atoms with Gasteiger partial charge < -0.3 is 10.1 Å². The number of aromatic nitrogens is 3. The average Bonchev–Trinajstić information content (AvgIpc) is 3.12. The standard InChI is InChI=1S/C20H13Cl2N5OS/c21-14-5-6-17(27-16(14)9-23)28-13-3-1-12(2-4-13)7-8-24-19-18-15(22)10-29-20(18)26-11-25-19/h1-6,10-11H,7-8H2,(H,24,25,26). The first kappa shape index (κ1) is 19.4. The minimum Gasteiger partial charge on any atom is -0.439 e. The molecule has 0 aliphatic heterocycles. The zero-order valence-corrected chi connectivity index (χ0v) is 17.2. The molecular weight excluding hydrogens is 429 g/mol. The van der Waals surface area contributed by atoms with Crippen molar-refractivity contribution in [1.29, 1.82) is 5.26 Å². The van der Waals surface area contributed by atoms with E-state index in [9.17, 15) is 0 Å². The van der Waals surface area contributed by atoms with Gasteiger partial charge >= 0.3 is 0 Å². The summed E-state index contributed by atoms with van der Waals surface area (Å²) in [5, 5.41) is 16.0. The largest absolute Gasteiger partial charge is 0.439 e. The van der Waals surface area contributed by atoms with Crippen LogP contribution < -0.4 is 10.1 Å². The summed E-state index contributed by atoms with van der Waals surface area (Å²) in [6.45, 7) is 0.697. The molecule has 29 heavy (non-hydrogen) atoms. The summed E-state index contributed by atoms with van der Waals surface area (Å²) in [4.78, 5) is 13.5. The molecule has 0 atom stereocenters. The van der Waals surface area contributed by atoms with Crippen molar-refractivity contribution in [2.75, 3.05) is 11.9 Å². The SMILES string of the molecule is N#Cc1nc(Oc2ccc(CCNc3ncnc4scc(Cl)c34)cc2)ccc1Cl. The van der Waals surface area contributed by atoms with Crippen LogP contribution in [0.1, 0.15) is 11.3 Å². The molecule has 0 aliphatic carbocycles. The van der Waals surface area contributed by atoms with Crippen LogP contribution in [0.4, 0.5) is 5.82 Å². The molecule has 9 heteroatoms. The predicted molar refractivity (Wildman–Crippen MR) is 115 cm³/mol.